The first-order valence-corrected chi connectivity index (χ1v) is 9.40. The lowest BCUT2D eigenvalue weighted by Gasteiger charge is -2.27. The van der Waals surface area contributed by atoms with Crippen LogP contribution in [0.2, 0.25) is 13.1 Å². The first-order chi connectivity index (χ1) is 6.47. The van der Waals surface area contributed by atoms with Crippen molar-refractivity contribution in [3.05, 3.63) is 34.3 Å². The number of rotatable bonds is 3. The molecule has 0 nitrogen and oxygen atoms in total. The molecule has 3 heteroatoms. The Morgan fingerprint density at radius 2 is 1.79 bits per heavy atom. The minimum atomic E-state index is -1.29. The Kier molecular flexibility index (Phi) is 4.23. The average molecular weight is 292 g/mol. The van der Waals surface area contributed by atoms with Gasteiger partial charge in [-0.1, -0.05) is 48.1 Å². The Bertz CT molecular complexity index is 295. The first kappa shape index (κ1) is 12.3. The molecule has 0 heterocycles. The maximum absolute atomic E-state index is 6.02. The highest BCUT2D eigenvalue weighted by Crippen LogP contribution is 2.28. The van der Waals surface area contributed by atoms with Gasteiger partial charge in [0.05, 0.1) is 8.07 Å². The van der Waals surface area contributed by atoms with Crippen molar-refractivity contribution in [3.63, 3.8) is 0 Å². The average Bonchev–Trinajstić information content (AvgIpc) is 2.18. The highest BCUT2D eigenvalue weighted by atomic mass is 79.9. The second-order valence-electron chi connectivity index (χ2n) is 4.40. The Labute approximate surface area is 101 Å². The van der Waals surface area contributed by atoms with Crippen LogP contribution >= 0.6 is 27.5 Å². The molecule has 0 spiro atoms. The molecule has 1 rings (SSSR count). The van der Waals surface area contributed by atoms with E-state index in [4.69, 9.17) is 11.6 Å². The van der Waals surface area contributed by atoms with Gasteiger partial charge in [0.2, 0.25) is 0 Å². The molecule has 0 aliphatic heterocycles. The Balaban J connectivity index is 2.89. The molecule has 0 amide bonds. The molecule has 0 aromatic heterocycles. The van der Waals surface area contributed by atoms with Gasteiger partial charge in [-0.3, -0.25) is 0 Å². The van der Waals surface area contributed by atoms with E-state index in [0.29, 0.717) is 5.54 Å². The number of benzene rings is 1. The summed E-state index contributed by atoms with van der Waals surface area (Å²) in [5, 5.41) is 0. The van der Waals surface area contributed by atoms with Crippen molar-refractivity contribution in [2.24, 2.45) is 0 Å². The lowest BCUT2D eigenvalue weighted by molar-refractivity contribution is 1.01. The fourth-order valence-electron chi connectivity index (χ4n) is 1.32. The number of alkyl halides is 1. The molecule has 14 heavy (non-hydrogen) atoms. The van der Waals surface area contributed by atoms with Gasteiger partial charge < -0.3 is 0 Å². The van der Waals surface area contributed by atoms with Gasteiger partial charge in [0.15, 0.2) is 0 Å². The SMILES string of the molecule is CC(c1ccc(Br)cc1)[Si](C)(C)CCl. The third-order valence-electron chi connectivity index (χ3n) is 2.89. The smallest absolute Gasteiger partial charge is 0.0710 e. The molecule has 0 aliphatic carbocycles. The van der Waals surface area contributed by atoms with Crippen molar-refractivity contribution in [3.8, 4) is 0 Å². The standard InChI is InChI=1S/C11H16BrClSi/c1-9(14(2,3)8-13)10-4-6-11(12)7-5-10/h4-7,9H,8H2,1-3H3. The Morgan fingerprint density at radius 3 is 2.21 bits per heavy atom. The summed E-state index contributed by atoms with van der Waals surface area (Å²) in [6, 6.07) is 8.58. The van der Waals surface area contributed by atoms with E-state index in [-0.39, 0.29) is 0 Å². The lowest BCUT2D eigenvalue weighted by atomic mass is 10.2. The van der Waals surface area contributed by atoms with Crippen LogP contribution in [0.1, 0.15) is 18.0 Å². The molecule has 78 valence electrons. The van der Waals surface area contributed by atoms with E-state index in [1.54, 1.807) is 0 Å². The fraction of sp³-hybridized carbons (Fsp3) is 0.455. The molecule has 0 radical (unpaired) electrons. The maximum Gasteiger partial charge on any atom is 0.0710 e. The van der Waals surface area contributed by atoms with Crippen LogP contribution < -0.4 is 0 Å². The van der Waals surface area contributed by atoms with E-state index in [9.17, 15) is 0 Å². The Morgan fingerprint density at radius 1 is 1.29 bits per heavy atom. The van der Waals surface area contributed by atoms with Crippen molar-refractivity contribution in [2.75, 3.05) is 5.50 Å². The highest BCUT2D eigenvalue weighted by molar-refractivity contribution is 9.10. The van der Waals surface area contributed by atoms with E-state index < -0.39 is 8.07 Å². The van der Waals surface area contributed by atoms with Gasteiger partial charge in [-0.25, -0.2) is 0 Å². The van der Waals surface area contributed by atoms with Crippen molar-refractivity contribution in [1.82, 2.24) is 0 Å². The van der Waals surface area contributed by atoms with Crippen molar-refractivity contribution in [2.45, 2.75) is 25.6 Å². The number of hydrogen-bond donors (Lipinski definition) is 0. The summed E-state index contributed by atoms with van der Waals surface area (Å²) in [5.41, 5.74) is 2.85. The van der Waals surface area contributed by atoms with Crippen LogP contribution in [0.5, 0.6) is 0 Å². The molecule has 1 aromatic carbocycles. The van der Waals surface area contributed by atoms with Gasteiger partial charge in [-0.05, 0) is 23.2 Å². The minimum Gasteiger partial charge on any atom is -0.130 e. The summed E-state index contributed by atoms with van der Waals surface area (Å²) in [6.07, 6.45) is 0. The molecule has 0 N–H and O–H groups in total. The zero-order valence-electron chi connectivity index (χ0n) is 8.85. The van der Waals surface area contributed by atoms with Crippen LogP contribution in [0.15, 0.2) is 28.7 Å². The second kappa shape index (κ2) is 4.82. The van der Waals surface area contributed by atoms with Gasteiger partial charge in [0.1, 0.15) is 0 Å². The first-order valence-electron chi connectivity index (χ1n) is 4.79. The maximum atomic E-state index is 6.02. The summed E-state index contributed by atoms with van der Waals surface area (Å²) >= 11 is 9.47. The molecule has 1 unspecified atom stereocenters. The molecule has 0 saturated carbocycles. The third kappa shape index (κ3) is 2.85. The van der Waals surface area contributed by atoms with Crippen LogP contribution in [0.4, 0.5) is 0 Å². The van der Waals surface area contributed by atoms with Crippen LogP contribution in [-0.4, -0.2) is 13.6 Å². The van der Waals surface area contributed by atoms with Crippen LogP contribution in [0.25, 0.3) is 0 Å². The van der Waals surface area contributed by atoms with E-state index >= 15 is 0 Å². The summed E-state index contributed by atoms with van der Waals surface area (Å²) < 4.78 is 1.14. The normalized spacial score (nSPS) is 14.1. The molecule has 0 saturated heterocycles. The summed E-state index contributed by atoms with van der Waals surface area (Å²) in [4.78, 5) is 0. The lowest BCUT2D eigenvalue weighted by Crippen LogP contribution is -2.35. The van der Waals surface area contributed by atoms with E-state index in [0.717, 1.165) is 9.98 Å². The minimum absolute atomic E-state index is 0.619. The van der Waals surface area contributed by atoms with Gasteiger partial charge in [-0.2, -0.15) is 0 Å². The van der Waals surface area contributed by atoms with Crippen LogP contribution in [-0.2, 0) is 0 Å². The zero-order valence-corrected chi connectivity index (χ0v) is 12.2. The quantitative estimate of drug-likeness (QED) is 0.565. The summed E-state index contributed by atoms with van der Waals surface area (Å²) in [5.74, 6) is 0. The summed E-state index contributed by atoms with van der Waals surface area (Å²) in [6.45, 7) is 6.97. The molecular weight excluding hydrogens is 276 g/mol. The Hall–Kier alpha value is 0.207. The van der Waals surface area contributed by atoms with E-state index in [1.807, 2.05) is 0 Å². The fourth-order valence-corrected chi connectivity index (χ4v) is 3.60. The summed E-state index contributed by atoms with van der Waals surface area (Å²) in [7, 11) is -1.29. The highest BCUT2D eigenvalue weighted by Gasteiger charge is 2.28. The molecular formula is C11H16BrClSi. The number of halogens is 2. The van der Waals surface area contributed by atoms with Gasteiger partial charge in [0.25, 0.3) is 0 Å². The predicted molar refractivity (Wildman–Crippen MR) is 70.8 cm³/mol. The molecule has 1 atom stereocenters. The van der Waals surface area contributed by atoms with E-state index in [2.05, 4.69) is 60.2 Å². The largest absolute Gasteiger partial charge is 0.130 e. The topological polar surface area (TPSA) is 0 Å². The third-order valence-corrected chi connectivity index (χ3v) is 8.85. The molecule has 0 fully saturated rings. The van der Waals surface area contributed by atoms with Gasteiger partial charge >= 0.3 is 0 Å². The van der Waals surface area contributed by atoms with Crippen LogP contribution in [0.3, 0.4) is 0 Å². The molecule has 0 aliphatic rings. The van der Waals surface area contributed by atoms with E-state index in [1.165, 1.54) is 5.56 Å². The molecule has 1 aromatic rings. The van der Waals surface area contributed by atoms with Crippen molar-refractivity contribution in [1.29, 1.82) is 0 Å². The van der Waals surface area contributed by atoms with Gasteiger partial charge in [-0.15, -0.1) is 11.6 Å². The van der Waals surface area contributed by atoms with Gasteiger partial charge in [0, 0.05) is 9.98 Å². The second-order valence-corrected chi connectivity index (χ2v) is 11.2. The monoisotopic (exact) mass is 290 g/mol. The van der Waals surface area contributed by atoms with Crippen molar-refractivity contribution >= 4 is 35.6 Å². The predicted octanol–water partition coefficient (Wildman–Crippen LogP) is 4.58. The molecule has 0 bridgehead atoms. The van der Waals surface area contributed by atoms with Crippen LogP contribution in [0, 0.1) is 0 Å². The van der Waals surface area contributed by atoms with Crippen molar-refractivity contribution < 1.29 is 0 Å². The zero-order chi connectivity index (χ0) is 10.8. The number of hydrogen-bond acceptors (Lipinski definition) is 0.